The smallest absolute Gasteiger partial charge is 0.255 e. The van der Waals surface area contributed by atoms with Gasteiger partial charge in [-0.05, 0) is 61.4 Å². The van der Waals surface area contributed by atoms with Crippen LogP contribution in [0.4, 0.5) is 11.4 Å². The average Bonchev–Trinajstić information content (AvgIpc) is 2.81. The van der Waals surface area contributed by atoms with E-state index in [1.54, 1.807) is 36.4 Å². The summed E-state index contributed by atoms with van der Waals surface area (Å²) in [6.45, 7) is 2.27. The number of aromatic hydroxyl groups is 1. The van der Waals surface area contributed by atoms with Gasteiger partial charge in [-0.25, -0.2) is 0 Å². The molecule has 1 amide bonds. The number of nitrogens with zero attached hydrogens (tertiary/aromatic N) is 1. The van der Waals surface area contributed by atoms with Crippen LogP contribution < -0.4 is 5.32 Å². The Balaban J connectivity index is 1.53. The third kappa shape index (κ3) is 11.1. The minimum absolute atomic E-state index is 0.175. The molecule has 0 aliphatic rings. The molecule has 2 N–H and O–H groups in total. The van der Waals surface area contributed by atoms with Crippen LogP contribution in [-0.4, -0.2) is 17.2 Å². The summed E-state index contributed by atoms with van der Waals surface area (Å²) in [5.41, 5.74) is 2.10. The van der Waals surface area contributed by atoms with Gasteiger partial charge in [0.15, 0.2) is 0 Å². The molecule has 4 heteroatoms. The molecular formula is C28H40N2O2. The van der Waals surface area contributed by atoms with Gasteiger partial charge in [0.1, 0.15) is 5.75 Å². The van der Waals surface area contributed by atoms with Crippen molar-refractivity contribution in [2.45, 2.75) is 90.4 Å². The molecule has 0 saturated carbocycles. The van der Waals surface area contributed by atoms with E-state index >= 15 is 0 Å². The fourth-order valence-electron chi connectivity index (χ4n) is 3.69. The fourth-order valence-corrected chi connectivity index (χ4v) is 3.69. The van der Waals surface area contributed by atoms with Gasteiger partial charge in [-0.15, -0.1) is 0 Å². The van der Waals surface area contributed by atoms with Gasteiger partial charge in [-0.2, -0.15) is 0 Å². The molecule has 2 rings (SSSR count). The summed E-state index contributed by atoms with van der Waals surface area (Å²) in [7, 11) is 0. The summed E-state index contributed by atoms with van der Waals surface area (Å²) in [5.74, 6) is -0.00331. The first-order chi connectivity index (χ1) is 15.7. The number of aliphatic imine (C=N–C) groups is 1. The molecular weight excluding hydrogens is 396 g/mol. The molecule has 0 fully saturated rings. The van der Waals surface area contributed by atoms with Crippen molar-refractivity contribution >= 4 is 23.5 Å². The molecule has 0 aliphatic heterocycles. The molecule has 0 aliphatic carbocycles. The molecule has 4 nitrogen and oxygen atoms in total. The van der Waals surface area contributed by atoms with Crippen molar-refractivity contribution in [2.75, 3.05) is 5.32 Å². The summed E-state index contributed by atoms with van der Waals surface area (Å²) in [4.78, 5) is 16.8. The summed E-state index contributed by atoms with van der Waals surface area (Å²) >= 11 is 0. The maximum atomic E-state index is 12.3. The van der Waals surface area contributed by atoms with Gasteiger partial charge in [-0.1, -0.05) is 77.6 Å². The molecule has 2 aromatic rings. The van der Waals surface area contributed by atoms with Crippen LogP contribution in [0.5, 0.6) is 5.75 Å². The van der Waals surface area contributed by atoms with E-state index in [-0.39, 0.29) is 11.7 Å². The molecule has 0 bridgehead atoms. The lowest BCUT2D eigenvalue weighted by atomic mass is 10.0. The van der Waals surface area contributed by atoms with Gasteiger partial charge in [0.25, 0.3) is 5.91 Å². The Kier molecular flexibility index (Phi) is 12.9. The first kappa shape index (κ1) is 25.6. The molecule has 0 aromatic heterocycles. The number of nitrogens with one attached hydrogen (secondary N) is 1. The van der Waals surface area contributed by atoms with Crippen LogP contribution in [0.1, 0.15) is 101 Å². The van der Waals surface area contributed by atoms with Gasteiger partial charge in [-0.3, -0.25) is 9.79 Å². The Morgan fingerprint density at radius 1 is 0.781 bits per heavy atom. The minimum atomic E-state index is -0.178. The van der Waals surface area contributed by atoms with Crippen molar-refractivity contribution < 1.29 is 9.90 Å². The van der Waals surface area contributed by atoms with Gasteiger partial charge in [0.05, 0.1) is 5.69 Å². The minimum Gasteiger partial charge on any atom is -0.508 e. The van der Waals surface area contributed by atoms with Crippen molar-refractivity contribution in [3.8, 4) is 5.75 Å². The zero-order chi connectivity index (χ0) is 22.9. The lowest BCUT2D eigenvalue weighted by molar-refractivity contribution is 0.102. The van der Waals surface area contributed by atoms with E-state index in [9.17, 15) is 9.90 Å². The highest BCUT2D eigenvalue weighted by Gasteiger charge is 2.05. The van der Waals surface area contributed by atoms with Gasteiger partial charge < -0.3 is 10.4 Å². The first-order valence-corrected chi connectivity index (χ1v) is 12.4. The largest absolute Gasteiger partial charge is 0.508 e. The maximum Gasteiger partial charge on any atom is 0.255 e. The predicted octanol–water partition coefficient (Wildman–Crippen LogP) is 8.44. The van der Waals surface area contributed by atoms with Crippen molar-refractivity contribution in [1.29, 1.82) is 0 Å². The molecule has 0 spiro atoms. The highest BCUT2D eigenvalue weighted by atomic mass is 16.3. The number of rotatable bonds is 16. The lowest BCUT2D eigenvalue weighted by Gasteiger charge is -2.05. The van der Waals surface area contributed by atoms with Crippen LogP contribution in [0, 0.1) is 0 Å². The third-order valence-electron chi connectivity index (χ3n) is 5.68. The lowest BCUT2D eigenvalue weighted by Crippen LogP contribution is -2.11. The molecule has 2 aromatic carbocycles. The van der Waals surface area contributed by atoms with Gasteiger partial charge in [0.2, 0.25) is 0 Å². The Morgan fingerprint density at radius 2 is 1.31 bits per heavy atom. The molecule has 0 saturated heterocycles. The zero-order valence-electron chi connectivity index (χ0n) is 19.7. The molecule has 0 atom stereocenters. The number of hydrogen-bond acceptors (Lipinski definition) is 3. The highest BCUT2D eigenvalue weighted by molar-refractivity contribution is 6.04. The van der Waals surface area contributed by atoms with E-state index in [1.165, 1.54) is 77.0 Å². The second-order valence-corrected chi connectivity index (χ2v) is 8.54. The van der Waals surface area contributed by atoms with Crippen LogP contribution in [0.2, 0.25) is 0 Å². The summed E-state index contributed by atoms with van der Waals surface area (Å²) in [6, 6.07) is 13.7. The van der Waals surface area contributed by atoms with Crippen LogP contribution in [0.25, 0.3) is 0 Å². The number of unbranched alkanes of at least 4 members (excludes halogenated alkanes) is 12. The molecule has 0 unspecified atom stereocenters. The normalized spacial score (nSPS) is 11.2. The second kappa shape index (κ2) is 16.1. The molecule has 0 radical (unpaired) electrons. The maximum absolute atomic E-state index is 12.3. The van der Waals surface area contributed by atoms with E-state index < -0.39 is 0 Å². The quantitative estimate of drug-likeness (QED) is 0.157. The van der Waals surface area contributed by atoms with Crippen LogP contribution in [-0.2, 0) is 0 Å². The predicted molar refractivity (Wildman–Crippen MR) is 136 cm³/mol. The summed E-state index contributed by atoms with van der Waals surface area (Å²) in [6.07, 6.45) is 19.3. The van der Waals surface area contributed by atoms with Crippen LogP contribution in [0.15, 0.2) is 53.5 Å². The Bertz CT molecular complexity index is 782. The SMILES string of the molecule is CCCCCCCCCCCCCCC=Nc1ccc(C(=O)Nc2ccc(O)cc2)cc1. The van der Waals surface area contributed by atoms with E-state index in [4.69, 9.17) is 0 Å². The van der Waals surface area contributed by atoms with E-state index in [0.717, 1.165) is 12.1 Å². The molecule has 0 heterocycles. The monoisotopic (exact) mass is 436 g/mol. The van der Waals surface area contributed by atoms with Crippen molar-refractivity contribution in [3.05, 3.63) is 54.1 Å². The van der Waals surface area contributed by atoms with E-state index in [0.29, 0.717) is 11.3 Å². The topological polar surface area (TPSA) is 61.7 Å². The fraction of sp³-hybridized carbons (Fsp3) is 0.500. The second-order valence-electron chi connectivity index (χ2n) is 8.54. The molecule has 174 valence electrons. The van der Waals surface area contributed by atoms with E-state index in [1.807, 2.05) is 18.3 Å². The number of anilines is 1. The van der Waals surface area contributed by atoms with Crippen LogP contribution in [0.3, 0.4) is 0 Å². The summed E-state index contributed by atoms with van der Waals surface area (Å²) < 4.78 is 0. The third-order valence-corrected chi connectivity index (χ3v) is 5.68. The number of benzene rings is 2. The van der Waals surface area contributed by atoms with Crippen molar-refractivity contribution in [3.63, 3.8) is 0 Å². The molecule has 32 heavy (non-hydrogen) atoms. The van der Waals surface area contributed by atoms with Gasteiger partial charge >= 0.3 is 0 Å². The number of carbonyl (C=O) groups excluding carboxylic acids is 1. The number of phenolic OH excluding ortho intramolecular Hbond substituents is 1. The van der Waals surface area contributed by atoms with Crippen molar-refractivity contribution in [2.24, 2.45) is 4.99 Å². The first-order valence-electron chi connectivity index (χ1n) is 12.4. The number of phenols is 1. The Labute approximate surface area is 194 Å². The van der Waals surface area contributed by atoms with E-state index in [2.05, 4.69) is 17.2 Å². The standard InChI is InChI=1S/C28H40N2O2/c1-2-3-4-5-6-7-8-9-10-11-12-13-14-23-29-25-17-15-24(16-18-25)28(32)30-26-19-21-27(31)22-20-26/h15-23,31H,2-14H2,1H3,(H,30,32). The van der Waals surface area contributed by atoms with Crippen LogP contribution >= 0.6 is 0 Å². The Morgan fingerprint density at radius 3 is 1.88 bits per heavy atom. The zero-order valence-corrected chi connectivity index (χ0v) is 19.7. The number of hydrogen-bond donors (Lipinski definition) is 2. The average molecular weight is 437 g/mol. The number of carbonyl (C=O) groups is 1. The van der Waals surface area contributed by atoms with Gasteiger partial charge in [0, 0.05) is 17.5 Å². The highest BCUT2D eigenvalue weighted by Crippen LogP contribution is 2.17. The number of amides is 1. The summed E-state index contributed by atoms with van der Waals surface area (Å²) in [5, 5.41) is 12.1. The van der Waals surface area contributed by atoms with Crippen molar-refractivity contribution in [1.82, 2.24) is 0 Å². The Hall–Kier alpha value is -2.62.